The zero-order valence-corrected chi connectivity index (χ0v) is 14.9. The Hall–Kier alpha value is -3.09. The summed E-state index contributed by atoms with van der Waals surface area (Å²) in [5, 5.41) is 2.83. The van der Waals surface area contributed by atoms with E-state index in [0.717, 1.165) is 13.1 Å². The molecule has 0 aliphatic carbocycles. The van der Waals surface area contributed by atoms with Crippen LogP contribution in [0.4, 0.5) is 5.69 Å². The zero-order chi connectivity index (χ0) is 18.3. The molecule has 0 saturated carbocycles. The van der Waals surface area contributed by atoms with Crippen molar-refractivity contribution in [3.63, 3.8) is 0 Å². The lowest BCUT2D eigenvalue weighted by atomic mass is 10.1. The van der Waals surface area contributed by atoms with E-state index in [4.69, 9.17) is 0 Å². The summed E-state index contributed by atoms with van der Waals surface area (Å²) in [6, 6.07) is 9.74. The third kappa shape index (κ3) is 2.75. The first-order valence-electron chi connectivity index (χ1n) is 8.72. The number of H-pyrrole nitrogens is 1. The van der Waals surface area contributed by atoms with E-state index in [0.29, 0.717) is 30.0 Å². The Labute approximate surface area is 150 Å². The number of hydrogen-bond donors (Lipinski definition) is 1. The van der Waals surface area contributed by atoms with E-state index in [1.807, 2.05) is 17.0 Å². The van der Waals surface area contributed by atoms with Crippen LogP contribution in [0.15, 0.2) is 41.3 Å². The summed E-state index contributed by atoms with van der Waals surface area (Å²) < 4.78 is 1.31. The zero-order valence-electron chi connectivity index (χ0n) is 14.9. The van der Waals surface area contributed by atoms with Gasteiger partial charge in [0, 0.05) is 49.8 Å². The lowest BCUT2D eigenvalue weighted by molar-refractivity contribution is 0.0748. The molecule has 1 N–H and O–H groups in total. The Morgan fingerprint density at radius 1 is 1.12 bits per heavy atom. The number of carbonyl (C=O) groups excluding carboxylic acids is 1. The quantitative estimate of drug-likeness (QED) is 0.761. The van der Waals surface area contributed by atoms with Gasteiger partial charge in [0.05, 0.1) is 0 Å². The van der Waals surface area contributed by atoms with Crippen molar-refractivity contribution in [3.8, 4) is 0 Å². The standard InChI is InChI=1S/C19H21N5O2/c1-13-5-3-4-6-16(13)22-7-9-23(10-8-22)19(26)15-12-20-24-17(25)11-14(2)21-18(15)24/h3-6,11-12,20H,7-10H2,1-2H3. The number of nitrogens with zero attached hydrogens (tertiary/aromatic N) is 4. The highest BCUT2D eigenvalue weighted by atomic mass is 16.2. The Bertz CT molecular complexity index is 1030. The molecule has 26 heavy (non-hydrogen) atoms. The monoisotopic (exact) mass is 351 g/mol. The number of rotatable bonds is 2. The van der Waals surface area contributed by atoms with Crippen LogP contribution in [0.25, 0.3) is 5.65 Å². The van der Waals surface area contributed by atoms with Crippen LogP contribution >= 0.6 is 0 Å². The number of benzene rings is 1. The molecule has 1 saturated heterocycles. The molecule has 1 fully saturated rings. The number of anilines is 1. The molecule has 7 nitrogen and oxygen atoms in total. The highest BCUT2D eigenvalue weighted by molar-refractivity contribution is 5.99. The van der Waals surface area contributed by atoms with Crippen molar-refractivity contribution >= 4 is 17.2 Å². The molecule has 134 valence electrons. The minimum atomic E-state index is -0.212. The second-order valence-corrected chi connectivity index (χ2v) is 6.65. The average Bonchev–Trinajstić information content (AvgIpc) is 3.06. The number of fused-ring (bicyclic) bond motifs is 1. The number of piperazine rings is 1. The number of carbonyl (C=O) groups is 1. The number of aryl methyl sites for hydroxylation is 2. The van der Waals surface area contributed by atoms with Gasteiger partial charge in [0.15, 0.2) is 5.65 Å². The molecule has 0 unspecified atom stereocenters. The van der Waals surface area contributed by atoms with Crippen molar-refractivity contribution in [2.75, 3.05) is 31.1 Å². The van der Waals surface area contributed by atoms with Gasteiger partial charge in [0.25, 0.3) is 11.5 Å². The summed E-state index contributed by atoms with van der Waals surface area (Å²) >= 11 is 0. The fourth-order valence-electron chi connectivity index (χ4n) is 3.49. The van der Waals surface area contributed by atoms with Crippen LogP contribution in [0.3, 0.4) is 0 Å². The van der Waals surface area contributed by atoms with Gasteiger partial charge in [-0.3, -0.25) is 14.7 Å². The van der Waals surface area contributed by atoms with Crippen LogP contribution in [0.2, 0.25) is 0 Å². The highest BCUT2D eigenvalue weighted by Gasteiger charge is 2.25. The maximum absolute atomic E-state index is 12.9. The van der Waals surface area contributed by atoms with E-state index in [-0.39, 0.29) is 11.5 Å². The average molecular weight is 351 g/mol. The van der Waals surface area contributed by atoms with E-state index in [1.165, 1.54) is 21.8 Å². The van der Waals surface area contributed by atoms with E-state index in [1.54, 1.807) is 13.1 Å². The molecule has 0 spiro atoms. The number of aromatic amines is 1. The SMILES string of the molecule is Cc1cc(=O)n2[nH]cc(C(=O)N3CCN(c4ccccc4C)CC3)c2n1. The summed E-state index contributed by atoms with van der Waals surface area (Å²) in [7, 11) is 0. The molecule has 1 aliphatic heterocycles. The van der Waals surface area contributed by atoms with E-state index < -0.39 is 0 Å². The Morgan fingerprint density at radius 3 is 2.58 bits per heavy atom. The molecule has 2 aromatic heterocycles. The molecule has 7 heteroatoms. The van der Waals surface area contributed by atoms with Gasteiger partial charge < -0.3 is 9.80 Å². The van der Waals surface area contributed by atoms with Gasteiger partial charge in [0.2, 0.25) is 0 Å². The number of amides is 1. The minimum absolute atomic E-state index is 0.0920. The van der Waals surface area contributed by atoms with Gasteiger partial charge in [-0.25, -0.2) is 9.50 Å². The summed E-state index contributed by atoms with van der Waals surface area (Å²) in [4.78, 5) is 33.4. The first kappa shape index (κ1) is 16.4. The van der Waals surface area contributed by atoms with Crippen LogP contribution in [0.1, 0.15) is 21.6 Å². The van der Waals surface area contributed by atoms with Gasteiger partial charge in [-0.05, 0) is 25.5 Å². The van der Waals surface area contributed by atoms with Crippen LogP contribution < -0.4 is 10.5 Å². The molecule has 1 aromatic carbocycles. The van der Waals surface area contributed by atoms with E-state index >= 15 is 0 Å². The molecule has 1 aliphatic rings. The minimum Gasteiger partial charge on any atom is -0.368 e. The van der Waals surface area contributed by atoms with Crippen molar-refractivity contribution in [2.24, 2.45) is 0 Å². The van der Waals surface area contributed by atoms with Crippen molar-refractivity contribution in [2.45, 2.75) is 13.8 Å². The van der Waals surface area contributed by atoms with Crippen molar-refractivity contribution in [1.82, 2.24) is 19.5 Å². The van der Waals surface area contributed by atoms with Gasteiger partial charge in [-0.2, -0.15) is 0 Å². The molecular formula is C19H21N5O2. The Kier molecular flexibility index (Phi) is 3.99. The highest BCUT2D eigenvalue weighted by Crippen LogP contribution is 2.21. The summed E-state index contributed by atoms with van der Waals surface area (Å²) in [5.74, 6) is -0.0920. The predicted octanol–water partition coefficient (Wildman–Crippen LogP) is 1.60. The lowest BCUT2D eigenvalue weighted by Gasteiger charge is -2.36. The fourth-order valence-corrected chi connectivity index (χ4v) is 3.49. The summed E-state index contributed by atoms with van der Waals surface area (Å²) in [5.41, 5.74) is 3.68. The molecule has 1 amide bonds. The third-order valence-electron chi connectivity index (χ3n) is 4.88. The van der Waals surface area contributed by atoms with Crippen LogP contribution in [-0.4, -0.2) is 51.6 Å². The first-order chi connectivity index (χ1) is 12.5. The number of aromatic nitrogens is 3. The maximum atomic E-state index is 12.9. The van der Waals surface area contributed by atoms with Crippen molar-refractivity contribution in [1.29, 1.82) is 0 Å². The van der Waals surface area contributed by atoms with Crippen LogP contribution in [0, 0.1) is 13.8 Å². The largest absolute Gasteiger partial charge is 0.368 e. The lowest BCUT2D eigenvalue weighted by Crippen LogP contribution is -2.49. The number of hydrogen-bond acceptors (Lipinski definition) is 4. The van der Waals surface area contributed by atoms with Crippen LogP contribution in [-0.2, 0) is 0 Å². The number of para-hydroxylation sites is 1. The maximum Gasteiger partial charge on any atom is 0.272 e. The fraction of sp³-hybridized carbons (Fsp3) is 0.316. The number of nitrogens with one attached hydrogen (secondary N) is 1. The second kappa shape index (κ2) is 6.33. The molecule has 0 radical (unpaired) electrons. The van der Waals surface area contributed by atoms with Crippen LogP contribution in [0.5, 0.6) is 0 Å². The van der Waals surface area contributed by atoms with Gasteiger partial charge in [-0.15, -0.1) is 0 Å². The van der Waals surface area contributed by atoms with Crippen molar-refractivity contribution in [3.05, 3.63) is 63.7 Å². The van der Waals surface area contributed by atoms with E-state index in [2.05, 4.69) is 34.0 Å². The second-order valence-electron chi connectivity index (χ2n) is 6.65. The van der Waals surface area contributed by atoms with E-state index in [9.17, 15) is 9.59 Å². The first-order valence-corrected chi connectivity index (χ1v) is 8.72. The molecule has 0 bridgehead atoms. The molecular weight excluding hydrogens is 330 g/mol. The Morgan fingerprint density at radius 2 is 1.85 bits per heavy atom. The predicted molar refractivity (Wildman–Crippen MR) is 99.8 cm³/mol. The normalized spacial score (nSPS) is 14.8. The van der Waals surface area contributed by atoms with Crippen molar-refractivity contribution < 1.29 is 4.79 Å². The summed E-state index contributed by atoms with van der Waals surface area (Å²) in [6.07, 6.45) is 1.57. The molecule has 4 rings (SSSR count). The van der Waals surface area contributed by atoms with Gasteiger partial charge >= 0.3 is 0 Å². The Balaban J connectivity index is 1.54. The topological polar surface area (TPSA) is 73.7 Å². The smallest absolute Gasteiger partial charge is 0.272 e. The molecule has 3 heterocycles. The molecule has 3 aromatic rings. The van der Waals surface area contributed by atoms with Gasteiger partial charge in [-0.1, -0.05) is 18.2 Å². The molecule has 0 atom stereocenters. The third-order valence-corrected chi connectivity index (χ3v) is 4.88. The van der Waals surface area contributed by atoms with Gasteiger partial charge in [0.1, 0.15) is 5.56 Å². The summed E-state index contributed by atoms with van der Waals surface area (Å²) in [6.45, 7) is 6.70.